The lowest BCUT2D eigenvalue weighted by Gasteiger charge is -2.32. The maximum Gasteiger partial charge on any atom is 0.503 e. The lowest BCUT2D eigenvalue weighted by Crippen LogP contribution is -2.48. The Labute approximate surface area is 93.8 Å². The third-order valence-electron chi connectivity index (χ3n) is 3.56. The van der Waals surface area contributed by atoms with E-state index in [1.165, 1.54) is 6.42 Å². The fourth-order valence-corrected chi connectivity index (χ4v) is 5.52. The number of hydrogen-bond donors (Lipinski definition) is 0. The van der Waals surface area contributed by atoms with E-state index in [0.29, 0.717) is 17.4 Å². The molecule has 0 aromatic heterocycles. The van der Waals surface area contributed by atoms with Gasteiger partial charge in [-0.1, -0.05) is 13.0 Å². The Kier molecular flexibility index (Phi) is 4.52. The lowest BCUT2D eigenvalue weighted by atomic mass is 10.1. The zero-order valence-electron chi connectivity index (χ0n) is 10.2. The fraction of sp³-hybridized carbons (Fsp3) is 0.818. The molecule has 0 bridgehead atoms. The number of rotatable bonds is 5. The monoisotopic (exact) mass is 230 g/mol. The van der Waals surface area contributed by atoms with E-state index in [1.54, 1.807) is 21.3 Å². The molecule has 0 aromatic carbocycles. The van der Waals surface area contributed by atoms with E-state index in [1.807, 2.05) is 6.08 Å². The highest BCUT2D eigenvalue weighted by atomic mass is 28.4. The molecule has 0 aliphatic heterocycles. The van der Waals surface area contributed by atoms with Crippen LogP contribution in [0, 0.1) is 11.8 Å². The minimum atomic E-state index is -2.45. The second-order valence-corrected chi connectivity index (χ2v) is 7.44. The van der Waals surface area contributed by atoms with Gasteiger partial charge in [0.25, 0.3) is 0 Å². The minimum absolute atomic E-state index is 0.403. The van der Waals surface area contributed by atoms with Crippen LogP contribution in [0.2, 0.25) is 5.54 Å². The van der Waals surface area contributed by atoms with Gasteiger partial charge in [0.05, 0.1) is 0 Å². The van der Waals surface area contributed by atoms with Crippen LogP contribution in [-0.4, -0.2) is 30.1 Å². The predicted molar refractivity (Wildman–Crippen MR) is 62.6 cm³/mol. The van der Waals surface area contributed by atoms with Gasteiger partial charge < -0.3 is 13.3 Å². The van der Waals surface area contributed by atoms with E-state index in [-0.39, 0.29) is 0 Å². The highest BCUT2D eigenvalue weighted by Gasteiger charge is 2.52. The summed E-state index contributed by atoms with van der Waals surface area (Å²) in [4.78, 5) is 0. The van der Waals surface area contributed by atoms with Gasteiger partial charge >= 0.3 is 8.80 Å². The summed E-state index contributed by atoms with van der Waals surface area (Å²) in [7, 11) is 2.61. The Morgan fingerprint density at radius 3 is 2.00 bits per heavy atom. The van der Waals surface area contributed by atoms with Gasteiger partial charge in [0.15, 0.2) is 0 Å². The molecular weight excluding hydrogens is 208 g/mol. The first-order valence-corrected chi connectivity index (χ1v) is 7.21. The van der Waals surface area contributed by atoms with Gasteiger partial charge in [-0.05, 0) is 24.7 Å². The normalized spacial score (nSPS) is 31.9. The van der Waals surface area contributed by atoms with Gasteiger partial charge in [0, 0.05) is 26.9 Å². The Balaban J connectivity index is 2.80. The van der Waals surface area contributed by atoms with Crippen molar-refractivity contribution in [2.24, 2.45) is 11.8 Å². The average molecular weight is 230 g/mol. The first kappa shape index (κ1) is 12.9. The average Bonchev–Trinajstić information content (AvgIpc) is 2.64. The molecule has 0 heterocycles. The second kappa shape index (κ2) is 5.25. The quantitative estimate of drug-likeness (QED) is 0.536. The van der Waals surface area contributed by atoms with Crippen molar-refractivity contribution >= 4 is 8.80 Å². The highest BCUT2D eigenvalue weighted by molar-refractivity contribution is 6.62. The molecule has 0 aromatic rings. The Morgan fingerprint density at radius 2 is 1.67 bits per heavy atom. The van der Waals surface area contributed by atoms with E-state index in [2.05, 4.69) is 13.5 Å². The molecule has 1 rings (SSSR count). The topological polar surface area (TPSA) is 27.7 Å². The zero-order valence-corrected chi connectivity index (χ0v) is 11.2. The van der Waals surface area contributed by atoms with Crippen LogP contribution in [0.3, 0.4) is 0 Å². The number of hydrogen-bond acceptors (Lipinski definition) is 3. The third-order valence-corrected chi connectivity index (χ3v) is 6.98. The molecular formula is C11H22O3Si. The van der Waals surface area contributed by atoms with Crippen LogP contribution >= 0.6 is 0 Å². The molecule has 1 saturated carbocycles. The summed E-state index contributed by atoms with van der Waals surface area (Å²) in [5.41, 5.74) is 0.403. The summed E-state index contributed by atoms with van der Waals surface area (Å²) >= 11 is 0. The molecule has 0 amide bonds. The van der Waals surface area contributed by atoms with E-state index in [9.17, 15) is 0 Å². The molecule has 15 heavy (non-hydrogen) atoms. The Hall–Kier alpha value is -0.163. The minimum Gasteiger partial charge on any atom is -0.377 e. The molecule has 0 spiro atoms. The largest absolute Gasteiger partial charge is 0.503 e. The van der Waals surface area contributed by atoms with Crippen LogP contribution in [0.25, 0.3) is 0 Å². The third kappa shape index (κ3) is 2.33. The van der Waals surface area contributed by atoms with Crippen molar-refractivity contribution in [1.82, 2.24) is 0 Å². The zero-order chi connectivity index (χ0) is 11.5. The smallest absolute Gasteiger partial charge is 0.377 e. The summed E-state index contributed by atoms with van der Waals surface area (Å²) in [6.07, 6.45) is 4.28. The molecule has 88 valence electrons. The molecule has 0 saturated heterocycles. The van der Waals surface area contributed by atoms with Gasteiger partial charge in [-0.25, -0.2) is 0 Å². The molecule has 0 N–H and O–H groups in total. The van der Waals surface area contributed by atoms with E-state index >= 15 is 0 Å². The van der Waals surface area contributed by atoms with Gasteiger partial charge in [-0.2, -0.15) is 0 Å². The molecule has 3 unspecified atom stereocenters. The van der Waals surface area contributed by atoms with Gasteiger partial charge in [0.1, 0.15) is 0 Å². The van der Waals surface area contributed by atoms with E-state index in [4.69, 9.17) is 13.3 Å². The summed E-state index contributed by atoms with van der Waals surface area (Å²) in [6.45, 7) is 6.11. The van der Waals surface area contributed by atoms with Gasteiger partial charge in [-0.3, -0.25) is 0 Å². The Bertz CT molecular complexity index is 208. The van der Waals surface area contributed by atoms with Crippen LogP contribution in [0.15, 0.2) is 12.7 Å². The fourth-order valence-electron chi connectivity index (χ4n) is 2.69. The molecule has 1 fully saturated rings. The van der Waals surface area contributed by atoms with Crippen LogP contribution in [0.1, 0.15) is 19.8 Å². The number of allylic oxidation sites excluding steroid dienone is 1. The van der Waals surface area contributed by atoms with Crippen LogP contribution in [0.5, 0.6) is 0 Å². The van der Waals surface area contributed by atoms with E-state index < -0.39 is 8.80 Å². The van der Waals surface area contributed by atoms with Crippen molar-refractivity contribution < 1.29 is 13.3 Å². The first-order chi connectivity index (χ1) is 7.13. The first-order valence-electron chi connectivity index (χ1n) is 5.41. The molecule has 1 aliphatic carbocycles. The second-order valence-electron chi connectivity index (χ2n) is 4.27. The maximum atomic E-state index is 5.54. The van der Waals surface area contributed by atoms with Crippen molar-refractivity contribution in [2.45, 2.75) is 25.3 Å². The predicted octanol–water partition coefficient (Wildman–Crippen LogP) is 2.47. The summed E-state index contributed by atoms with van der Waals surface area (Å²) in [5.74, 6) is 1.16. The van der Waals surface area contributed by atoms with Crippen LogP contribution < -0.4 is 0 Å². The molecule has 4 heteroatoms. The molecule has 1 aliphatic rings. The van der Waals surface area contributed by atoms with Crippen LogP contribution in [0.4, 0.5) is 0 Å². The van der Waals surface area contributed by atoms with Crippen molar-refractivity contribution in [3.05, 3.63) is 12.7 Å². The standard InChI is InChI=1S/C11H22O3Si/c1-6-10-7-9(2)11(8-10)15(12-3,13-4)14-5/h6,9-11H,1,7-8H2,2-5H3. The Morgan fingerprint density at radius 1 is 1.13 bits per heavy atom. The molecule has 0 radical (unpaired) electrons. The molecule has 3 atom stereocenters. The molecule has 3 nitrogen and oxygen atoms in total. The van der Waals surface area contributed by atoms with E-state index in [0.717, 1.165) is 6.42 Å². The SMILES string of the molecule is C=CC1CC(C)C([Si](OC)(OC)OC)C1. The van der Waals surface area contributed by atoms with Gasteiger partial charge in [0.2, 0.25) is 0 Å². The van der Waals surface area contributed by atoms with Crippen LogP contribution in [-0.2, 0) is 13.3 Å². The van der Waals surface area contributed by atoms with Crippen molar-refractivity contribution in [2.75, 3.05) is 21.3 Å². The van der Waals surface area contributed by atoms with Gasteiger partial charge in [-0.15, -0.1) is 6.58 Å². The highest BCUT2D eigenvalue weighted by Crippen LogP contribution is 2.47. The summed E-state index contributed by atoms with van der Waals surface area (Å²) in [6, 6.07) is 0. The van der Waals surface area contributed by atoms with Crippen molar-refractivity contribution in [1.29, 1.82) is 0 Å². The van der Waals surface area contributed by atoms with Crippen molar-refractivity contribution in [3.63, 3.8) is 0 Å². The van der Waals surface area contributed by atoms with Crippen molar-refractivity contribution in [3.8, 4) is 0 Å². The summed E-state index contributed by atoms with van der Waals surface area (Å²) < 4.78 is 16.6. The lowest BCUT2D eigenvalue weighted by molar-refractivity contribution is 0.106. The summed E-state index contributed by atoms with van der Waals surface area (Å²) in [5, 5.41) is 0. The maximum absolute atomic E-state index is 5.54.